The van der Waals surface area contributed by atoms with Crippen LogP contribution in [0.1, 0.15) is 32.3 Å². The number of benzene rings is 1. The van der Waals surface area contributed by atoms with Crippen molar-refractivity contribution in [2.45, 2.75) is 44.2 Å². The van der Waals surface area contributed by atoms with Gasteiger partial charge in [-0.2, -0.15) is 0 Å². The molecule has 0 heterocycles. The average molecular weight is 314 g/mol. The summed E-state index contributed by atoms with van der Waals surface area (Å²) in [5, 5.41) is 3.59. The van der Waals surface area contributed by atoms with Crippen molar-refractivity contribution in [3.05, 3.63) is 28.2 Å². The predicted octanol–water partition coefficient (Wildman–Crippen LogP) is 4.45. The zero-order valence-electron chi connectivity index (χ0n) is 10.5. The molecule has 0 spiro atoms. The first kappa shape index (κ1) is 13.4. The second-order valence-electron chi connectivity index (χ2n) is 5.11. The lowest BCUT2D eigenvalue weighted by Crippen LogP contribution is -2.15. The van der Waals surface area contributed by atoms with Crippen LogP contribution in [0.4, 0.5) is 0 Å². The fourth-order valence-electron chi connectivity index (χ4n) is 1.63. The van der Waals surface area contributed by atoms with Crippen molar-refractivity contribution < 1.29 is 0 Å². The van der Waals surface area contributed by atoms with E-state index in [-0.39, 0.29) is 0 Å². The molecule has 1 aliphatic carbocycles. The molecule has 1 aromatic carbocycles. The van der Waals surface area contributed by atoms with Crippen LogP contribution in [0.2, 0.25) is 0 Å². The van der Waals surface area contributed by atoms with Gasteiger partial charge in [-0.3, -0.25) is 0 Å². The van der Waals surface area contributed by atoms with Crippen molar-refractivity contribution in [1.82, 2.24) is 5.32 Å². The van der Waals surface area contributed by atoms with Gasteiger partial charge in [0.15, 0.2) is 0 Å². The van der Waals surface area contributed by atoms with Crippen LogP contribution < -0.4 is 5.32 Å². The Morgan fingerprint density at radius 3 is 2.82 bits per heavy atom. The predicted molar refractivity (Wildman–Crippen MR) is 79.6 cm³/mol. The van der Waals surface area contributed by atoms with Gasteiger partial charge in [0.25, 0.3) is 0 Å². The van der Waals surface area contributed by atoms with E-state index in [1.807, 2.05) is 11.8 Å². The number of halogens is 1. The molecule has 1 aromatic rings. The number of hydrogen-bond acceptors (Lipinski definition) is 2. The first-order chi connectivity index (χ1) is 8.15. The van der Waals surface area contributed by atoms with Crippen molar-refractivity contribution in [3.8, 4) is 0 Å². The lowest BCUT2D eigenvalue weighted by atomic mass is 10.2. The van der Waals surface area contributed by atoms with Crippen LogP contribution in [0.5, 0.6) is 0 Å². The first-order valence-corrected chi connectivity index (χ1v) is 8.07. The molecular formula is C14H20BrNS. The Hall–Kier alpha value is 0.01000. The summed E-state index contributed by atoms with van der Waals surface area (Å²) < 4.78 is 1.18. The third-order valence-corrected chi connectivity index (χ3v) is 4.79. The molecular weight excluding hydrogens is 294 g/mol. The summed E-state index contributed by atoms with van der Waals surface area (Å²) in [4.78, 5) is 1.43. The second kappa shape index (κ2) is 6.26. The van der Waals surface area contributed by atoms with Gasteiger partial charge in [0.1, 0.15) is 0 Å². The summed E-state index contributed by atoms with van der Waals surface area (Å²) in [6.45, 7) is 5.55. The summed E-state index contributed by atoms with van der Waals surface area (Å²) in [7, 11) is 0. The van der Waals surface area contributed by atoms with Gasteiger partial charge < -0.3 is 5.32 Å². The summed E-state index contributed by atoms with van der Waals surface area (Å²) in [5.74, 6) is 1.94. The molecule has 0 unspecified atom stereocenters. The molecule has 17 heavy (non-hydrogen) atoms. The standard InChI is InChI=1S/C14H20BrNS/c1-10(2)9-17-14-6-3-12(15)7-11(14)8-16-13-4-5-13/h3,6-7,10,13,16H,4-5,8-9H2,1-2H3. The fourth-order valence-corrected chi connectivity index (χ4v) is 3.03. The minimum absolute atomic E-state index is 0.743. The monoisotopic (exact) mass is 313 g/mol. The number of rotatable bonds is 6. The van der Waals surface area contributed by atoms with Crippen LogP contribution in [0.3, 0.4) is 0 Å². The third kappa shape index (κ3) is 4.65. The molecule has 3 heteroatoms. The molecule has 1 nitrogen and oxygen atoms in total. The van der Waals surface area contributed by atoms with Gasteiger partial charge in [0.05, 0.1) is 0 Å². The second-order valence-corrected chi connectivity index (χ2v) is 7.09. The van der Waals surface area contributed by atoms with E-state index in [1.165, 1.54) is 33.5 Å². The number of hydrogen-bond donors (Lipinski definition) is 1. The SMILES string of the molecule is CC(C)CSc1ccc(Br)cc1CNC1CC1. The molecule has 0 aromatic heterocycles. The minimum atomic E-state index is 0.743. The molecule has 0 saturated heterocycles. The van der Waals surface area contributed by atoms with Crippen LogP contribution in [-0.4, -0.2) is 11.8 Å². The zero-order valence-corrected chi connectivity index (χ0v) is 12.9. The lowest BCUT2D eigenvalue weighted by molar-refractivity contribution is 0.679. The van der Waals surface area contributed by atoms with Crippen molar-refractivity contribution >= 4 is 27.7 Å². The van der Waals surface area contributed by atoms with E-state index in [9.17, 15) is 0 Å². The molecule has 1 fully saturated rings. The Morgan fingerprint density at radius 1 is 1.41 bits per heavy atom. The molecule has 94 valence electrons. The summed E-state index contributed by atoms with van der Waals surface area (Å²) in [6.07, 6.45) is 2.70. The van der Waals surface area contributed by atoms with Crippen molar-refractivity contribution in [3.63, 3.8) is 0 Å². The molecule has 0 aliphatic heterocycles. The van der Waals surface area contributed by atoms with E-state index in [0.717, 1.165) is 18.5 Å². The van der Waals surface area contributed by atoms with Crippen LogP contribution >= 0.6 is 27.7 Å². The average Bonchev–Trinajstić information content (AvgIpc) is 3.08. The van der Waals surface area contributed by atoms with Gasteiger partial charge in [0, 0.05) is 27.7 Å². The van der Waals surface area contributed by atoms with Crippen molar-refractivity contribution in [2.75, 3.05) is 5.75 Å². The summed E-state index contributed by atoms with van der Waals surface area (Å²) in [6, 6.07) is 7.40. The highest BCUT2D eigenvalue weighted by Crippen LogP contribution is 2.28. The maximum absolute atomic E-state index is 3.59. The Bertz CT molecular complexity index is 374. The highest BCUT2D eigenvalue weighted by molar-refractivity contribution is 9.10. The topological polar surface area (TPSA) is 12.0 Å². The van der Waals surface area contributed by atoms with E-state index in [0.29, 0.717) is 0 Å². The molecule has 0 bridgehead atoms. The Balaban J connectivity index is 2.00. The smallest absolute Gasteiger partial charge is 0.0219 e. The van der Waals surface area contributed by atoms with Crippen LogP contribution in [0.25, 0.3) is 0 Å². The van der Waals surface area contributed by atoms with Gasteiger partial charge in [-0.05, 0) is 42.5 Å². The normalized spacial score (nSPS) is 15.5. The summed E-state index contributed by atoms with van der Waals surface area (Å²) in [5.41, 5.74) is 1.43. The number of thioether (sulfide) groups is 1. The molecule has 0 radical (unpaired) electrons. The third-order valence-electron chi connectivity index (χ3n) is 2.75. The lowest BCUT2D eigenvalue weighted by Gasteiger charge is -2.12. The Morgan fingerprint density at radius 2 is 2.18 bits per heavy atom. The van der Waals surface area contributed by atoms with E-state index in [4.69, 9.17) is 0 Å². The van der Waals surface area contributed by atoms with Gasteiger partial charge in [-0.25, -0.2) is 0 Å². The molecule has 1 aliphatic rings. The van der Waals surface area contributed by atoms with Gasteiger partial charge in [-0.15, -0.1) is 11.8 Å². The van der Waals surface area contributed by atoms with Crippen molar-refractivity contribution in [2.24, 2.45) is 5.92 Å². The molecule has 2 rings (SSSR count). The quantitative estimate of drug-likeness (QED) is 0.779. The molecule has 1 saturated carbocycles. The maximum Gasteiger partial charge on any atom is 0.0219 e. The highest BCUT2D eigenvalue weighted by atomic mass is 79.9. The van der Waals surface area contributed by atoms with E-state index < -0.39 is 0 Å². The molecule has 1 N–H and O–H groups in total. The fraction of sp³-hybridized carbons (Fsp3) is 0.571. The minimum Gasteiger partial charge on any atom is -0.310 e. The maximum atomic E-state index is 3.59. The zero-order chi connectivity index (χ0) is 12.3. The van der Waals surface area contributed by atoms with E-state index >= 15 is 0 Å². The molecule has 0 amide bonds. The van der Waals surface area contributed by atoms with E-state index in [2.05, 4.69) is 53.3 Å². The van der Waals surface area contributed by atoms with Gasteiger partial charge in [0.2, 0.25) is 0 Å². The Kier molecular flexibility index (Phi) is 4.95. The largest absolute Gasteiger partial charge is 0.310 e. The highest BCUT2D eigenvalue weighted by Gasteiger charge is 2.20. The number of nitrogens with one attached hydrogen (secondary N) is 1. The van der Waals surface area contributed by atoms with E-state index in [1.54, 1.807) is 0 Å². The van der Waals surface area contributed by atoms with Crippen LogP contribution in [-0.2, 0) is 6.54 Å². The summed E-state index contributed by atoms with van der Waals surface area (Å²) >= 11 is 5.54. The first-order valence-electron chi connectivity index (χ1n) is 6.30. The van der Waals surface area contributed by atoms with Crippen LogP contribution in [0.15, 0.2) is 27.6 Å². The van der Waals surface area contributed by atoms with Gasteiger partial charge in [-0.1, -0.05) is 29.8 Å². The van der Waals surface area contributed by atoms with Gasteiger partial charge >= 0.3 is 0 Å². The Labute approximate surface area is 117 Å². The van der Waals surface area contributed by atoms with Crippen LogP contribution in [0, 0.1) is 5.92 Å². The van der Waals surface area contributed by atoms with Crippen molar-refractivity contribution in [1.29, 1.82) is 0 Å². The molecule has 0 atom stereocenters.